The fourth-order valence-electron chi connectivity index (χ4n) is 3.98. The molecule has 1 N–H and O–H groups in total. The lowest BCUT2D eigenvalue weighted by Crippen LogP contribution is -2.45. The molecule has 1 aliphatic heterocycles. The number of para-hydroxylation sites is 1. The van der Waals surface area contributed by atoms with E-state index < -0.39 is 0 Å². The summed E-state index contributed by atoms with van der Waals surface area (Å²) in [5.41, 5.74) is 1.04. The molecule has 1 saturated heterocycles. The maximum atomic E-state index is 12.4. The molecule has 0 radical (unpaired) electrons. The Labute approximate surface area is 170 Å². The van der Waals surface area contributed by atoms with E-state index in [0.29, 0.717) is 22.9 Å². The van der Waals surface area contributed by atoms with Crippen molar-refractivity contribution in [3.8, 4) is 5.69 Å². The van der Waals surface area contributed by atoms with Gasteiger partial charge in [-0.15, -0.1) is 5.10 Å². The normalized spacial score (nSPS) is 21.0. The minimum absolute atomic E-state index is 0.0962. The summed E-state index contributed by atoms with van der Waals surface area (Å²) in [6, 6.07) is 11.3. The molecule has 28 heavy (non-hydrogen) atoms. The van der Waals surface area contributed by atoms with E-state index >= 15 is 0 Å². The van der Waals surface area contributed by atoms with Gasteiger partial charge in [-0.1, -0.05) is 30.0 Å². The first kappa shape index (κ1) is 18.2. The van der Waals surface area contributed by atoms with Crippen LogP contribution in [0, 0.1) is 0 Å². The van der Waals surface area contributed by atoms with Gasteiger partial charge in [-0.25, -0.2) is 9.67 Å². The van der Waals surface area contributed by atoms with E-state index in [1.807, 2.05) is 22.9 Å². The zero-order valence-corrected chi connectivity index (χ0v) is 16.9. The highest BCUT2D eigenvalue weighted by Crippen LogP contribution is 2.40. The summed E-state index contributed by atoms with van der Waals surface area (Å²) in [6.07, 6.45) is 7.21. The summed E-state index contributed by atoms with van der Waals surface area (Å²) in [4.78, 5) is 19.7. The molecule has 2 saturated carbocycles. The number of nitrogens with zero attached hydrogens (tertiary/aromatic N) is 4. The molecule has 2 aromatic rings. The van der Waals surface area contributed by atoms with Crippen LogP contribution in [0.25, 0.3) is 5.69 Å². The lowest BCUT2D eigenvalue weighted by molar-refractivity contribution is -0.119. The quantitative estimate of drug-likeness (QED) is 0.728. The van der Waals surface area contributed by atoms with Gasteiger partial charge >= 0.3 is 0 Å². The molecular weight excluding hydrogens is 370 g/mol. The number of hydrogen-bond donors (Lipinski definition) is 1. The fraction of sp³-hybridized carbons (Fsp3) is 0.571. The van der Waals surface area contributed by atoms with E-state index in [2.05, 4.69) is 27.4 Å². The van der Waals surface area contributed by atoms with Crippen LogP contribution in [0.15, 0.2) is 35.5 Å². The molecule has 2 heterocycles. The minimum Gasteiger partial charge on any atom is -0.353 e. The van der Waals surface area contributed by atoms with E-state index in [4.69, 9.17) is 4.98 Å². The molecule has 7 heteroatoms. The number of nitrogens with one attached hydrogen (secondary N) is 1. The molecule has 1 amide bonds. The van der Waals surface area contributed by atoms with Gasteiger partial charge in [-0.3, -0.25) is 4.79 Å². The van der Waals surface area contributed by atoms with Crippen molar-refractivity contribution in [3.05, 3.63) is 36.2 Å². The third-order valence-electron chi connectivity index (χ3n) is 5.85. The van der Waals surface area contributed by atoms with E-state index in [1.165, 1.54) is 37.4 Å². The summed E-state index contributed by atoms with van der Waals surface area (Å²) in [5.74, 6) is 2.01. The average molecular weight is 398 g/mol. The third-order valence-corrected chi connectivity index (χ3v) is 6.68. The Balaban J connectivity index is 1.16. The molecule has 3 aliphatic rings. The summed E-state index contributed by atoms with van der Waals surface area (Å²) in [6.45, 7) is 2.24. The second kappa shape index (κ2) is 7.87. The van der Waals surface area contributed by atoms with E-state index in [0.717, 1.165) is 43.5 Å². The lowest BCUT2D eigenvalue weighted by Gasteiger charge is -2.32. The number of piperidine rings is 1. The number of rotatable bonds is 7. The van der Waals surface area contributed by atoms with Gasteiger partial charge in [0.15, 0.2) is 0 Å². The Morgan fingerprint density at radius 2 is 1.82 bits per heavy atom. The van der Waals surface area contributed by atoms with Gasteiger partial charge in [-0.05, 0) is 50.7 Å². The van der Waals surface area contributed by atoms with Crippen molar-refractivity contribution < 1.29 is 4.79 Å². The van der Waals surface area contributed by atoms with Crippen molar-refractivity contribution in [1.82, 2.24) is 25.0 Å². The monoisotopic (exact) mass is 397 g/mol. The van der Waals surface area contributed by atoms with Gasteiger partial charge in [0.05, 0.1) is 11.4 Å². The Hall–Kier alpha value is -1.86. The molecule has 1 aromatic carbocycles. The molecule has 2 aliphatic carbocycles. The van der Waals surface area contributed by atoms with Crippen molar-refractivity contribution >= 4 is 17.7 Å². The summed E-state index contributed by atoms with van der Waals surface area (Å²) in [5, 5.41) is 8.59. The van der Waals surface area contributed by atoms with Gasteiger partial charge in [-0.2, -0.15) is 0 Å². The molecular formula is C21H27N5OS. The van der Waals surface area contributed by atoms with Crippen LogP contribution in [-0.2, 0) is 4.79 Å². The van der Waals surface area contributed by atoms with Crippen LogP contribution in [0.1, 0.15) is 50.3 Å². The Morgan fingerprint density at radius 3 is 2.50 bits per heavy atom. The predicted molar refractivity (Wildman–Crippen MR) is 110 cm³/mol. The van der Waals surface area contributed by atoms with Crippen molar-refractivity contribution in [2.45, 2.75) is 61.7 Å². The molecule has 5 rings (SSSR count). The number of aromatic nitrogens is 3. The van der Waals surface area contributed by atoms with Crippen LogP contribution >= 0.6 is 11.8 Å². The number of likely N-dealkylation sites (tertiary alicyclic amines) is 1. The molecule has 6 nitrogen and oxygen atoms in total. The number of hydrogen-bond acceptors (Lipinski definition) is 5. The summed E-state index contributed by atoms with van der Waals surface area (Å²) >= 11 is 1.44. The molecule has 3 fully saturated rings. The summed E-state index contributed by atoms with van der Waals surface area (Å²) < 4.78 is 1.95. The van der Waals surface area contributed by atoms with Gasteiger partial charge in [0, 0.05) is 31.1 Å². The predicted octanol–water partition coefficient (Wildman–Crippen LogP) is 2.98. The van der Waals surface area contributed by atoms with E-state index in [1.54, 1.807) is 0 Å². The molecule has 0 atom stereocenters. The van der Waals surface area contributed by atoms with Crippen LogP contribution in [0.2, 0.25) is 0 Å². The summed E-state index contributed by atoms with van der Waals surface area (Å²) in [7, 11) is 0. The maximum absolute atomic E-state index is 12.4. The second-order valence-corrected chi connectivity index (χ2v) is 9.11. The molecule has 0 spiro atoms. The zero-order chi connectivity index (χ0) is 18.9. The molecule has 148 valence electrons. The highest BCUT2D eigenvalue weighted by molar-refractivity contribution is 7.99. The van der Waals surface area contributed by atoms with Crippen LogP contribution in [0.3, 0.4) is 0 Å². The van der Waals surface area contributed by atoms with E-state index in [-0.39, 0.29) is 5.91 Å². The number of benzene rings is 1. The van der Waals surface area contributed by atoms with Gasteiger partial charge in [0.1, 0.15) is 5.82 Å². The number of amides is 1. The number of thioether (sulfide) groups is 1. The van der Waals surface area contributed by atoms with Crippen molar-refractivity contribution in [2.75, 3.05) is 18.8 Å². The third kappa shape index (κ3) is 4.25. The highest BCUT2D eigenvalue weighted by Gasteiger charge is 2.32. The lowest BCUT2D eigenvalue weighted by atomic mass is 10.1. The van der Waals surface area contributed by atoms with Crippen LogP contribution in [0.5, 0.6) is 0 Å². The van der Waals surface area contributed by atoms with Crippen molar-refractivity contribution in [3.63, 3.8) is 0 Å². The number of carbonyl (C=O) groups excluding carboxylic acids is 1. The Morgan fingerprint density at radius 1 is 1.07 bits per heavy atom. The minimum atomic E-state index is 0.0962. The highest BCUT2D eigenvalue weighted by atomic mass is 32.2. The average Bonchev–Trinajstić information content (AvgIpc) is 3.65. The van der Waals surface area contributed by atoms with Crippen molar-refractivity contribution in [1.29, 1.82) is 0 Å². The Kier molecular flexibility index (Phi) is 5.11. The first-order valence-corrected chi connectivity index (χ1v) is 11.4. The Bertz CT molecular complexity index is 823. The number of carbonyl (C=O) groups is 1. The first-order chi connectivity index (χ1) is 13.8. The van der Waals surface area contributed by atoms with Crippen LogP contribution in [-0.4, -0.2) is 56.5 Å². The van der Waals surface area contributed by atoms with Crippen LogP contribution in [0.4, 0.5) is 0 Å². The fourth-order valence-corrected chi connectivity index (χ4v) is 4.62. The SMILES string of the molecule is O=C(CSc1nc(C2CC2)n(-c2ccccc2)n1)NC1CCN(C2CC2)CC1. The second-order valence-electron chi connectivity index (χ2n) is 8.17. The van der Waals surface area contributed by atoms with Crippen molar-refractivity contribution in [2.24, 2.45) is 0 Å². The first-order valence-electron chi connectivity index (χ1n) is 10.4. The molecule has 0 unspecified atom stereocenters. The maximum Gasteiger partial charge on any atom is 0.230 e. The smallest absolute Gasteiger partial charge is 0.230 e. The zero-order valence-electron chi connectivity index (χ0n) is 16.1. The largest absolute Gasteiger partial charge is 0.353 e. The standard InChI is InChI=1S/C21H27N5OS/c27-19(22-16-10-12-25(13-11-16)17-8-9-17)14-28-21-23-20(15-6-7-15)26(24-21)18-4-2-1-3-5-18/h1-5,15-17H,6-14H2,(H,22,27). The van der Waals surface area contributed by atoms with E-state index in [9.17, 15) is 4.79 Å². The van der Waals surface area contributed by atoms with Gasteiger partial charge in [0.2, 0.25) is 11.1 Å². The van der Waals surface area contributed by atoms with Gasteiger partial charge in [0.25, 0.3) is 0 Å². The molecule has 0 bridgehead atoms. The molecule has 1 aromatic heterocycles. The topological polar surface area (TPSA) is 63.1 Å². The van der Waals surface area contributed by atoms with Gasteiger partial charge < -0.3 is 10.2 Å². The van der Waals surface area contributed by atoms with Crippen LogP contribution < -0.4 is 5.32 Å².